The highest BCUT2D eigenvalue weighted by atomic mass is 16.4. The van der Waals surface area contributed by atoms with E-state index in [9.17, 15) is 4.79 Å². The molecule has 1 aliphatic heterocycles. The minimum absolute atomic E-state index is 0.283. The molecule has 4 nitrogen and oxygen atoms in total. The quantitative estimate of drug-likeness (QED) is 0.656. The first-order chi connectivity index (χ1) is 6.20. The molecule has 0 bridgehead atoms. The van der Waals surface area contributed by atoms with Crippen LogP contribution < -0.4 is 5.32 Å². The lowest BCUT2D eigenvalue weighted by atomic mass is 10.1. The number of carboxylic acids is 1. The summed E-state index contributed by atoms with van der Waals surface area (Å²) in [4.78, 5) is 12.7. The fourth-order valence-corrected chi connectivity index (χ4v) is 1.64. The smallest absolute Gasteiger partial charge is 0.303 e. The summed E-state index contributed by atoms with van der Waals surface area (Å²) in [6.07, 6.45) is 1.04. The molecule has 1 atom stereocenters. The summed E-state index contributed by atoms with van der Waals surface area (Å²) in [6.45, 7) is 6.24. The number of hydrogen-bond donors (Lipinski definition) is 2. The SMILES string of the molecule is CC(CCC(=O)O)N1CCNCC1. The van der Waals surface area contributed by atoms with E-state index in [4.69, 9.17) is 5.11 Å². The molecule has 1 heterocycles. The van der Waals surface area contributed by atoms with Gasteiger partial charge in [0.15, 0.2) is 0 Å². The molecule has 0 spiro atoms. The van der Waals surface area contributed by atoms with Crippen molar-refractivity contribution in [3.8, 4) is 0 Å². The Kier molecular flexibility index (Phi) is 4.18. The number of aliphatic carboxylic acids is 1. The maximum absolute atomic E-state index is 10.4. The first-order valence-electron chi connectivity index (χ1n) is 4.86. The molecular weight excluding hydrogens is 168 g/mol. The van der Waals surface area contributed by atoms with Crippen molar-refractivity contribution in [1.82, 2.24) is 10.2 Å². The Morgan fingerprint density at radius 1 is 1.54 bits per heavy atom. The van der Waals surface area contributed by atoms with Gasteiger partial charge in [-0.1, -0.05) is 0 Å². The molecule has 13 heavy (non-hydrogen) atoms. The van der Waals surface area contributed by atoms with Crippen LogP contribution in [0.15, 0.2) is 0 Å². The molecule has 0 radical (unpaired) electrons. The highest BCUT2D eigenvalue weighted by Crippen LogP contribution is 2.07. The summed E-state index contributed by atoms with van der Waals surface area (Å²) >= 11 is 0. The van der Waals surface area contributed by atoms with Crippen LogP contribution in [0.2, 0.25) is 0 Å². The minimum Gasteiger partial charge on any atom is -0.481 e. The Morgan fingerprint density at radius 3 is 2.69 bits per heavy atom. The van der Waals surface area contributed by atoms with E-state index < -0.39 is 5.97 Å². The van der Waals surface area contributed by atoms with Crippen LogP contribution in [0.25, 0.3) is 0 Å². The Labute approximate surface area is 78.9 Å². The summed E-state index contributed by atoms with van der Waals surface area (Å²) < 4.78 is 0. The van der Waals surface area contributed by atoms with Crippen LogP contribution in [0.1, 0.15) is 19.8 Å². The summed E-state index contributed by atoms with van der Waals surface area (Å²) in [6, 6.07) is 0.401. The first kappa shape index (κ1) is 10.5. The molecule has 0 saturated carbocycles. The van der Waals surface area contributed by atoms with Crippen LogP contribution in [0, 0.1) is 0 Å². The second-order valence-corrected chi connectivity index (χ2v) is 3.57. The third-order valence-corrected chi connectivity index (χ3v) is 2.55. The van der Waals surface area contributed by atoms with Crippen LogP contribution in [0.3, 0.4) is 0 Å². The van der Waals surface area contributed by atoms with E-state index in [-0.39, 0.29) is 6.42 Å². The van der Waals surface area contributed by atoms with Crippen molar-refractivity contribution < 1.29 is 9.90 Å². The number of nitrogens with zero attached hydrogens (tertiary/aromatic N) is 1. The van der Waals surface area contributed by atoms with Gasteiger partial charge in [-0.25, -0.2) is 0 Å². The summed E-state index contributed by atoms with van der Waals surface area (Å²) in [5.74, 6) is -0.693. The standard InChI is InChI=1S/C9H18N2O2/c1-8(2-3-9(12)13)11-6-4-10-5-7-11/h8,10H,2-7H2,1H3,(H,12,13). The second-order valence-electron chi connectivity index (χ2n) is 3.57. The fraction of sp³-hybridized carbons (Fsp3) is 0.889. The zero-order valence-electron chi connectivity index (χ0n) is 8.12. The molecule has 0 aromatic heterocycles. The topological polar surface area (TPSA) is 52.6 Å². The molecular formula is C9H18N2O2. The summed E-state index contributed by atoms with van der Waals surface area (Å²) in [5.41, 5.74) is 0. The number of piperazine rings is 1. The Morgan fingerprint density at radius 2 is 2.15 bits per heavy atom. The van der Waals surface area contributed by atoms with Gasteiger partial charge in [-0.05, 0) is 13.3 Å². The molecule has 1 unspecified atom stereocenters. The molecule has 0 aromatic rings. The third-order valence-electron chi connectivity index (χ3n) is 2.55. The Balaban J connectivity index is 2.20. The molecule has 4 heteroatoms. The van der Waals surface area contributed by atoms with Crippen LogP contribution in [-0.2, 0) is 4.79 Å². The summed E-state index contributed by atoms with van der Waals surface area (Å²) in [7, 11) is 0. The molecule has 76 valence electrons. The minimum atomic E-state index is -0.693. The third kappa shape index (κ3) is 3.74. The molecule has 1 aliphatic rings. The van der Waals surface area contributed by atoms with Gasteiger partial charge in [0.1, 0.15) is 0 Å². The van der Waals surface area contributed by atoms with Gasteiger partial charge in [-0.2, -0.15) is 0 Å². The normalized spacial score (nSPS) is 21.3. The predicted molar refractivity (Wildman–Crippen MR) is 50.8 cm³/mol. The number of nitrogens with one attached hydrogen (secondary N) is 1. The Hall–Kier alpha value is -0.610. The van der Waals surface area contributed by atoms with Crippen molar-refractivity contribution in [2.24, 2.45) is 0 Å². The van der Waals surface area contributed by atoms with Gasteiger partial charge in [0, 0.05) is 38.6 Å². The maximum atomic E-state index is 10.4. The van der Waals surface area contributed by atoms with Gasteiger partial charge in [-0.15, -0.1) is 0 Å². The molecule has 1 fully saturated rings. The van der Waals surface area contributed by atoms with E-state index in [1.807, 2.05) is 0 Å². The van der Waals surface area contributed by atoms with Crippen LogP contribution >= 0.6 is 0 Å². The lowest BCUT2D eigenvalue weighted by Crippen LogP contribution is -2.47. The zero-order chi connectivity index (χ0) is 9.68. The first-order valence-corrected chi connectivity index (χ1v) is 4.86. The monoisotopic (exact) mass is 186 g/mol. The molecule has 1 saturated heterocycles. The van der Waals surface area contributed by atoms with Gasteiger partial charge >= 0.3 is 5.97 Å². The highest BCUT2D eigenvalue weighted by Gasteiger charge is 2.16. The van der Waals surface area contributed by atoms with E-state index in [0.717, 1.165) is 32.6 Å². The number of rotatable bonds is 4. The van der Waals surface area contributed by atoms with Gasteiger partial charge < -0.3 is 10.4 Å². The van der Waals surface area contributed by atoms with E-state index >= 15 is 0 Å². The van der Waals surface area contributed by atoms with Crippen molar-refractivity contribution in [3.63, 3.8) is 0 Å². The van der Waals surface area contributed by atoms with Gasteiger partial charge in [0.25, 0.3) is 0 Å². The van der Waals surface area contributed by atoms with E-state index in [1.54, 1.807) is 0 Å². The zero-order valence-corrected chi connectivity index (χ0v) is 8.12. The van der Waals surface area contributed by atoms with Crippen molar-refractivity contribution in [3.05, 3.63) is 0 Å². The molecule has 0 amide bonds. The largest absolute Gasteiger partial charge is 0.481 e. The molecule has 1 rings (SSSR count). The van der Waals surface area contributed by atoms with Crippen molar-refractivity contribution >= 4 is 5.97 Å². The maximum Gasteiger partial charge on any atom is 0.303 e. The van der Waals surface area contributed by atoms with Gasteiger partial charge in [0.05, 0.1) is 0 Å². The number of carboxylic acid groups (broad SMARTS) is 1. The number of carbonyl (C=O) groups is 1. The number of hydrogen-bond acceptors (Lipinski definition) is 3. The fourth-order valence-electron chi connectivity index (χ4n) is 1.64. The average Bonchev–Trinajstić information content (AvgIpc) is 2.15. The van der Waals surface area contributed by atoms with E-state index in [0.29, 0.717) is 6.04 Å². The molecule has 0 aromatic carbocycles. The van der Waals surface area contributed by atoms with E-state index in [1.165, 1.54) is 0 Å². The second kappa shape index (κ2) is 5.19. The van der Waals surface area contributed by atoms with Gasteiger partial charge in [-0.3, -0.25) is 9.69 Å². The predicted octanol–water partition coefficient (Wildman–Crippen LogP) is 0.145. The van der Waals surface area contributed by atoms with Crippen LogP contribution in [0.5, 0.6) is 0 Å². The lowest BCUT2D eigenvalue weighted by Gasteiger charge is -2.32. The van der Waals surface area contributed by atoms with Crippen LogP contribution in [-0.4, -0.2) is 48.2 Å². The highest BCUT2D eigenvalue weighted by molar-refractivity contribution is 5.66. The molecule has 2 N–H and O–H groups in total. The summed E-state index contributed by atoms with van der Waals surface area (Å²) in [5, 5.41) is 11.8. The van der Waals surface area contributed by atoms with Crippen molar-refractivity contribution in [2.45, 2.75) is 25.8 Å². The van der Waals surface area contributed by atoms with Crippen molar-refractivity contribution in [1.29, 1.82) is 0 Å². The molecule has 0 aliphatic carbocycles. The van der Waals surface area contributed by atoms with Crippen LogP contribution in [0.4, 0.5) is 0 Å². The van der Waals surface area contributed by atoms with Crippen molar-refractivity contribution in [2.75, 3.05) is 26.2 Å². The average molecular weight is 186 g/mol. The van der Waals surface area contributed by atoms with Gasteiger partial charge in [0.2, 0.25) is 0 Å². The lowest BCUT2D eigenvalue weighted by molar-refractivity contribution is -0.137. The Bertz CT molecular complexity index is 167. The van der Waals surface area contributed by atoms with E-state index in [2.05, 4.69) is 17.1 Å².